The number of anilines is 1. The Hall–Kier alpha value is -1.69. The van der Waals surface area contributed by atoms with Gasteiger partial charge >= 0.3 is 0 Å². The van der Waals surface area contributed by atoms with E-state index >= 15 is 0 Å². The Morgan fingerprint density at radius 3 is 2.84 bits per heavy atom. The molecule has 0 atom stereocenters. The minimum Gasteiger partial charge on any atom is -0.381 e. The van der Waals surface area contributed by atoms with Crippen LogP contribution in [-0.4, -0.2) is 29.7 Å². The zero-order valence-corrected chi connectivity index (χ0v) is 11.7. The highest BCUT2D eigenvalue weighted by atomic mass is 16.6. The van der Waals surface area contributed by atoms with E-state index in [0.29, 0.717) is 23.9 Å². The van der Waals surface area contributed by atoms with Gasteiger partial charge in [-0.2, -0.15) is 0 Å². The van der Waals surface area contributed by atoms with Gasteiger partial charge in [-0.25, -0.2) is 4.98 Å². The summed E-state index contributed by atoms with van der Waals surface area (Å²) in [6, 6.07) is 1.69. The first-order valence-corrected chi connectivity index (χ1v) is 6.43. The van der Waals surface area contributed by atoms with Gasteiger partial charge in [-0.15, -0.1) is 0 Å². The zero-order chi connectivity index (χ0) is 14.3. The lowest BCUT2D eigenvalue weighted by atomic mass is 10.2. The number of aryl methyl sites for hydroxylation is 1. The van der Waals surface area contributed by atoms with E-state index in [-0.39, 0.29) is 5.69 Å². The van der Waals surface area contributed by atoms with Gasteiger partial charge in [-0.3, -0.25) is 10.1 Å². The molecule has 0 aliphatic rings. The van der Waals surface area contributed by atoms with Crippen LogP contribution in [0.4, 0.5) is 11.5 Å². The summed E-state index contributed by atoms with van der Waals surface area (Å²) in [5.74, 6) is 1.21. The van der Waals surface area contributed by atoms with Gasteiger partial charge in [0.05, 0.1) is 4.92 Å². The number of nitro groups is 1. The quantitative estimate of drug-likeness (QED) is 0.445. The molecule has 106 valence electrons. The van der Waals surface area contributed by atoms with Crippen LogP contribution in [0.3, 0.4) is 0 Å². The Bertz CT molecular complexity index is 422. The van der Waals surface area contributed by atoms with Crippen molar-refractivity contribution in [2.45, 2.75) is 27.2 Å². The van der Waals surface area contributed by atoms with Crippen molar-refractivity contribution in [1.29, 1.82) is 0 Å². The summed E-state index contributed by atoms with van der Waals surface area (Å²) in [7, 11) is 0. The van der Waals surface area contributed by atoms with Crippen LogP contribution in [0.5, 0.6) is 0 Å². The van der Waals surface area contributed by atoms with E-state index in [9.17, 15) is 10.1 Å². The summed E-state index contributed by atoms with van der Waals surface area (Å²) in [6.07, 6.45) is 2.16. The van der Waals surface area contributed by atoms with Gasteiger partial charge in [-0.05, 0) is 25.3 Å². The lowest BCUT2D eigenvalue weighted by Crippen LogP contribution is -2.09. The Labute approximate surface area is 113 Å². The third-order valence-electron chi connectivity index (χ3n) is 2.50. The van der Waals surface area contributed by atoms with Crippen LogP contribution in [0.2, 0.25) is 0 Å². The summed E-state index contributed by atoms with van der Waals surface area (Å²) >= 11 is 0. The minimum absolute atomic E-state index is 0.0471. The van der Waals surface area contributed by atoms with Crippen molar-refractivity contribution in [3.8, 4) is 0 Å². The maximum atomic E-state index is 10.6. The zero-order valence-electron chi connectivity index (χ0n) is 11.7. The normalized spacial score (nSPS) is 10.7. The molecule has 0 amide bonds. The molecule has 6 heteroatoms. The lowest BCUT2D eigenvalue weighted by Gasteiger charge is -2.08. The average Bonchev–Trinajstić information content (AvgIpc) is 2.32. The summed E-state index contributed by atoms with van der Waals surface area (Å²) in [5.41, 5.74) is 0.657. The van der Waals surface area contributed by atoms with Crippen LogP contribution in [-0.2, 0) is 4.74 Å². The molecule has 0 unspecified atom stereocenters. The van der Waals surface area contributed by atoms with E-state index in [1.165, 1.54) is 6.20 Å². The van der Waals surface area contributed by atoms with Crippen molar-refractivity contribution < 1.29 is 9.66 Å². The second-order valence-electron chi connectivity index (χ2n) is 4.86. The number of nitrogens with zero attached hydrogens (tertiary/aromatic N) is 2. The molecule has 0 aromatic carbocycles. The molecule has 0 spiro atoms. The molecule has 1 rings (SSSR count). The van der Waals surface area contributed by atoms with Crippen molar-refractivity contribution in [1.82, 2.24) is 4.98 Å². The van der Waals surface area contributed by atoms with Crippen LogP contribution in [0.1, 0.15) is 25.8 Å². The third-order valence-corrected chi connectivity index (χ3v) is 2.50. The molecule has 0 saturated carbocycles. The molecular formula is C13H21N3O3. The van der Waals surface area contributed by atoms with Crippen LogP contribution < -0.4 is 5.32 Å². The Balaban J connectivity index is 2.30. The molecule has 0 saturated heterocycles. The van der Waals surface area contributed by atoms with E-state index in [1.807, 2.05) is 0 Å². The fourth-order valence-electron chi connectivity index (χ4n) is 1.55. The molecule has 1 aromatic heterocycles. The van der Waals surface area contributed by atoms with Crippen molar-refractivity contribution in [3.05, 3.63) is 27.9 Å². The maximum absolute atomic E-state index is 10.6. The highest BCUT2D eigenvalue weighted by Crippen LogP contribution is 2.18. The van der Waals surface area contributed by atoms with E-state index in [2.05, 4.69) is 24.1 Å². The molecule has 1 aromatic rings. The number of aromatic nitrogens is 1. The second-order valence-corrected chi connectivity index (χ2v) is 4.86. The van der Waals surface area contributed by atoms with Gasteiger partial charge in [0.1, 0.15) is 12.0 Å². The van der Waals surface area contributed by atoms with Gasteiger partial charge in [0.15, 0.2) is 0 Å². The standard InChI is InChI=1S/C13H21N3O3/c1-10(2)9-19-6-4-5-14-13-7-11(3)12(8-15-13)16(17)18/h7-8,10H,4-6,9H2,1-3H3,(H,14,15). The van der Waals surface area contributed by atoms with E-state index < -0.39 is 4.92 Å². The highest BCUT2D eigenvalue weighted by Gasteiger charge is 2.10. The monoisotopic (exact) mass is 267 g/mol. The molecular weight excluding hydrogens is 246 g/mol. The van der Waals surface area contributed by atoms with Gasteiger partial charge in [0.25, 0.3) is 5.69 Å². The predicted molar refractivity (Wildman–Crippen MR) is 74.4 cm³/mol. The predicted octanol–water partition coefficient (Wildman–Crippen LogP) is 2.77. The molecule has 19 heavy (non-hydrogen) atoms. The Kier molecular flexibility index (Phi) is 6.21. The van der Waals surface area contributed by atoms with E-state index in [0.717, 1.165) is 19.6 Å². The average molecular weight is 267 g/mol. The van der Waals surface area contributed by atoms with Crippen LogP contribution in [0.15, 0.2) is 12.3 Å². The van der Waals surface area contributed by atoms with Crippen molar-refractivity contribution >= 4 is 11.5 Å². The molecule has 0 bridgehead atoms. The summed E-state index contributed by atoms with van der Waals surface area (Å²) in [5, 5.41) is 13.8. The first kappa shape index (κ1) is 15.4. The highest BCUT2D eigenvalue weighted by molar-refractivity contribution is 5.46. The molecule has 0 fully saturated rings. The number of hydrogen-bond donors (Lipinski definition) is 1. The number of hydrogen-bond acceptors (Lipinski definition) is 5. The largest absolute Gasteiger partial charge is 0.381 e. The fourth-order valence-corrected chi connectivity index (χ4v) is 1.55. The molecule has 0 aliphatic heterocycles. The van der Waals surface area contributed by atoms with Crippen LogP contribution >= 0.6 is 0 Å². The molecule has 6 nitrogen and oxygen atoms in total. The summed E-state index contributed by atoms with van der Waals surface area (Å²) < 4.78 is 5.46. The first-order valence-electron chi connectivity index (χ1n) is 6.43. The third kappa shape index (κ3) is 5.65. The molecule has 0 radical (unpaired) electrons. The van der Waals surface area contributed by atoms with Crippen molar-refractivity contribution in [2.24, 2.45) is 5.92 Å². The Morgan fingerprint density at radius 2 is 2.26 bits per heavy atom. The topological polar surface area (TPSA) is 77.3 Å². The number of nitrogens with one attached hydrogen (secondary N) is 1. The maximum Gasteiger partial charge on any atom is 0.290 e. The molecule has 0 aliphatic carbocycles. The number of ether oxygens (including phenoxy) is 1. The van der Waals surface area contributed by atoms with Gasteiger partial charge in [0.2, 0.25) is 0 Å². The molecule has 1 N–H and O–H groups in total. The van der Waals surface area contributed by atoms with Crippen LogP contribution in [0, 0.1) is 23.0 Å². The SMILES string of the molecule is Cc1cc(NCCCOCC(C)C)ncc1[N+](=O)[O-]. The Morgan fingerprint density at radius 1 is 1.53 bits per heavy atom. The van der Waals surface area contributed by atoms with Gasteiger partial charge < -0.3 is 10.1 Å². The molecule has 1 heterocycles. The summed E-state index contributed by atoms with van der Waals surface area (Å²) in [4.78, 5) is 14.2. The lowest BCUT2D eigenvalue weighted by molar-refractivity contribution is -0.385. The fraction of sp³-hybridized carbons (Fsp3) is 0.615. The van der Waals surface area contributed by atoms with E-state index in [1.54, 1.807) is 13.0 Å². The number of pyridine rings is 1. The van der Waals surface area contributed by atoms with E-state index in [4.69, 9.17) is 4.74 Å². The van der Waals surface area contributed by atoms with Crippen molar-refractivity contribution in [2.75, 3.05) is 25.1 Å². The van der Waals surface area contributed by atoms with Gasteiger partial charge in [0, 0.05) is 25.3 Å². The minimum atomic E-state index is -0.425. The van der Waals surface area contributed by atoms with Crippen molar-refractivity contribution in [3.63, 3.8) is 0 Å². The number of rotatable bonds is 8. The smallest absolute Gasteiger partial charge is 0.290 e. The first-order chi connectivity index (χ1) is 9.00. The van der Waals surface area contributed by atoms with Gasteiger partial charge in [-0.1, -0.05) is 13.8 Å². The summed E-state index contributed by atoms with van der Waals surface area (Å²) in [6.45, 7) is 8.15. The second kappa shape index (κ2) is 7.68. The van der Waals surface area contributed by atoms with Crippen LogP contribution in [0.25, 0.3) is 0 Å².